The summed E-state index contributed by atoms with van der Waals surface area (Å²) in [4.78, 5) is 11.3. The van der Waals surface area contributed by atoms with Crippen LogP contribution in [-0.2, 0) is 10.4 Å². The summed E-state index contributed by atoms with van der Waals surface area (Å²) in [5.74, 6) is -1.55. The van der Waals surface area contributed by atoms with Gasteiger partial charge in [-0.25, -0.2) is 9.18 Å². The molecule has 0 bridgehead atoms. The lowest BCUT2D eigenvalue weighted by Crippen LogP contribution is -2.19. The first-order valence-electron chi connectivity index (χ1n) is 5.21. The van der Waals surface area contributed by atoms with E-state index in [1.54, 1.807) is 0 Å². The van der Waals surface area contributed by atoms with Gasteiger partial charge in [0.05, 0.1) is 12.7 Å². The molecule has 0 aliphatic carbocycles. The molecule has 1 aromatic carbocycles. The van der Waals surface area contributed by atoms with Crippen molar-refractivity contribution >= 4 is 5.97 Å². The number of carbonyl (C=O) groups excluding carboxylic acids is 1. The second kappa shape index (κ2) is 5.07. The van der Waals surface area contributed by atoms with Crippen LogP contribution in [0.3, 0.4) is 0 Å². The van der Waals surface area contributed by atoms with Gasteiger partial charge in [0.2, 0.25) is 0 Å². The minimum absolute atomic E-state index is 0.116. The van der Waals surface area contributed by atoms with Crippen LogP contribution in [-0.4, -0.2) is 19.4 Å². The molecule has 106 valence electrons. The van der Waals surface area contributed by atoms with Gasteiger partial charge in [0.25, 0.3) is 0 Å². The van der Waals surface area contributed by atoms with Crippen molar-refractivity contribution in [3.63, 3.8) is 0 Å². The zero-order valence-electron chi connectivity index (χ0n) is 10.5. The summed E-state index contributed by atoms with van der Waals surface area (Å²) in [5.41, 5.74) is -2.26. The fraction of sp³-hybridized carbons (Fsp3) is 0.417. The van der Waals surface area contributed by atoms with Crippen molar-refractivity contribution in [1.82, 2.24) is 0 Å². The van der Waals surface area contributed by atoms with Crippen molar-refractivity contribution in [3.05, 3.63) is 29.3 Å². The number of hydrogen-bond acceptors (Lipinski definition) is 3. The largest absolute Gasteiger partial charge is 0.573 e. The van der Waals surface area contributed by atoms with Crippen LogP contribution in [0, 0.1) is 0 Å². The van der Waals surface area contributed by atoms with Crippen molar-refractivity contribution in [1.29, 1.82) is 0 Å². The Morgan fingerprint density at radius 1 is 1.11 bits per heavy atom. The van der Waals surface area contributed by atoms with Crippen LogP contribution in [0.2, 0.25) is 0 Å². The standard InChI is InChI=1S/C12H12F4O3/c1-11(2,13)8-4-7(10(17)18-3)5-9(6-8)19-12(14,15)16/h4-6H,1-3H3. The lowest BCUT2D eigenvalue weighted by Gasteiger charge is -2.18. The number of alkyl halides is 4. The fourth-order valence-corrected chi connectivity index (χ4v) is 1.37. The maximum absolute atomic E-state index is 13.8. The third-order valence-electron chi connectivity index (χ3n) is 2.25. The van der Waals surface area contributed by atoms with Crippen LogP contribution in [0.1, 0.15) is 29.8 Å². The summed E-state index contributed by atoms with van der Waals surface area (Å²) >= 11 is 0. The van der Waals surface area contributed by atoms with Crippen molar-refractivity contribution in [2.24, 2.45) is 0 Å². The molecular formula is C12H12F4O3. The van der Waals surface area contributed by atoms with E-state index in [0.717, 1.165) is 39.2 Å². The Morgan fingerprint density at radius 3 is 2.11 bits per heavy atom. The first-order valence-corrected chi connectivity index (χ1v) is 5.21. The maximum Gasteiger partial charge on any atom is 0.573 e. The van der Waals surface area contributed by atoms with Gasteiger partial charge in [-0.1, -0.05) is 0 Å². The highest BCUT2D eigenvalue weighted by Crippen LogP contribution is 2.31. The molecule has 0 radical (unpaired) electrons. The molecule has 1 aromatic rings. The van der Waals surface area contributed by atoms with Gasteiger partial charge in [-0.05, 0) is 37.6 Å². The Morgan fingerprint density at radius 2 is 1.68 bits per heavy atom. The van der Waals surface area contributed by atoms with Crippen molar-refractivity contribution in [2.75, 3.05) is 7.11 Å². The molecule has 19 heavy (non-hydrogen) atoms. The molecular weight excluding hydrogens is 268 g/mol. The van der Waals surface area contributed by atoms with E-state index in [1.165, 1.54) is 0 Å². The van der Waals surface area contributed by atoms with E-state index in [2.05, 4.69) is 9.47 Å². The van der Waals surface area contributed by atoms with Crippen LogP contribution < -0.4 is 4.74 Å². The quantitative estimate of drug-likeness (QED) is 0.627. The number of methoxy groups -OCH3 is 1. The third kappa shape index (κ3) is 4.42. The van der Waals surface area contributed by atoms with E-state index in [1.807, 2.05) is 0 Å². The molecule has 0 saturated heterocycles. The zero-order valence-corrected chi connectivity index (χ0v) is 10.5. The van der Waals surface area contributed by atoms with Crippen molar-refractivity contribution < 1.29 is 31.8 Å². The van der Waals surface area contributed by atoms with E-state index in [0.29, 0.717) is 0 Å². The van der Waals surface area contributed by atoms with Crippen LogP contribution >= 0.6 is 0 Å². The van der Waals surface area contributed by atoms with E-state index in [9.17, 15) is 22.4 Å². The maximum atomic E-state index is 13.8. The van der Waals surface area contributed by atoms with Crippen molar-refractivity contribution in [2.45, 2.75) is 25.9 Å². The molecule has 7 heteroatoms. The molecule has 3 nitrogen and oxygen atoms in total. The number of ether oxygens (including phenoxy) is 2. The number of halogens is 4. The first-order chi connectivity index (χ1) is 8.53. The van der Waals surface area contributed by atoms with Crippen molar-refractivity contribution in [3.8, 4) is 5.75 Å². The smallest absolute Gasteiger partial charge is 0.465 e. The third-order valence-corrected chi connectivity index (χ3v) is 2.25. The summed E-state index contributed by atoms with van der Waals surface area (Å²) < 4.78 is 58.3. The molecule has 0 atom stereocenters. The second-order valence-corrected chi connectivity index (χ2v) is 4.26. The van der Waals surface area contributed by atoms with Gasteiger partial charge >= 0.3 is 12.3 Å². The average Bonchev–Trinajstić information content (AvgIpc) is 2.24. The van der Waals surface area contributed by atoms with Gasteiger partial charge in [-0.3, -0.25) is 0 Å². The molecule has 0 aliphatic rings. The van der Waals surface area contributed by atoms with E-state index >= 15 is 0 Å². The number of rotatable bonds is 3. The SMILES string of the molecule is COC(=O)c1cc(OC(F)(F)F)cc(C(C)(C)F)c1. The molecule has 1 rings (SSSR count). The summed E-state index contributed by atoms with van der Waals surface area (Å²) in [7, 11) is 1.07. The van der Waals surface area contributed by atoms with Gasteiger partial charge in [0.1, 0.15) is 11.4 Å². The average molecular weight is 280 g/mol. The van der Waals surface area contributed by atoms with E-state index < -0.39 is 23.7 Å². The Labute approximate surface area is 107 Å². The highest BCUT2D eigenvalue weighted by atomic mass is 19.4. The monoisotopic (exact) mass is 280 g/mol. The van der Waals surface area contributed by atoms with Crippen LogP contribution in [0.5, 0.6) is 5.75 Å². The molecule has 0 amide bonds. The van der Waals surface area contributed by atoms with Gasteiger partial charge in [0, 0.05) is 0 Å². The molecule has 0 fully saturated rings. The van der Waals surface area contributed by atoms with Crippen LogP contribution in [0.25, 0.3) is 0 Å². The van der Waals surface area contributed by atoms with Crippen LogP contribution in [0.4, 0.5) is 17.6 Å². The highest BCUT2D eigenvalue weighted by molar-refractivity contribution is 5.90. The number of carbonyl (C=O) groups is 1. The predicted molar refractivity (Wildman–Crippen MR) is 58.6 cm³/mol. The van der Waals surface area contributed by atoms with Gasteiger partial charge in [-0.2, -0.15) is 0 Å². The fourth-order valence-electron chi connectivity index (χ4n) is 1.37. The number of benzene rings is 1. The Hall–Kier alpha value is -1.79. The van der Waals surface area contributed by atoms with E-state index in [-0.39, 0.29) is 11.1 Å². The van der Waals surface area contributed by atoms with E-state index in [4.69, 9.17) is 0 Å². The summed E-state index contributed by atoms with van der Waals surface area (Å²) in [6.45, 7) is 2.31. The molecule has 0 N–H and O–H groups in total. The zero-order chi connectivity index (χ0) is 14.8. The Bertz CT molecular complexity index is 475. The Kier molecular flexibility index (Phi) is 4.07. The topological polar surface area (TPSA) is 35.5 Å². The lowest BCUT2D eigenvalue weighted by molar-refractivity contribution is -0.274. The predicted octanol–water partition coefficient (Wildman–Crippen LogP) is 3.58. The Balaban J connectivity index is 3.28. The van der Waals surface area contributed by atoms with Crippen LogP contribution in [0.15, 0.2) is 18.2 Å². The molecule has 0 spiro atoms. The molecule has 0 aromatic heterocycles. The second-order valence-electron chi connectivity index (χ2n) is 4.26. The minimum atomic E-state index is -4.92. The number of esters is 1. The first kappa shape index (κ1) is 15.3. The molecule has 0 saturated carbocycles. The van der Waals surface area contributed by atoms with Gasteiger partial charge in [-0.15, -0.1) is 13.2 Å². The molecule has 0 unspecified atom stereocenters. The van der Waals surface area contributed by atoms with Gasteiger partial charge < -0.3 is 9.47 Å². The van der Waals surface area contributed by atoms with Gasteiger partial charge in [0.15, 0.2) is 0 Å². The summed E-state index contributed by atoms with van der Waals surface area (Å²) in [6, 6.07) is 2.85. The summed E-state index contributed by atoms with van der Waals surface area (Å²) in [5, 5.41) is 0. The highest BCUT2D eigenvalue weighted by Gasteiger charge is 2.32. The normalized spacial score (nSPS) is 12.2. The minimum Gasteiger partial charge on any atom is -0.465 e. The number of hydrogen-bond donors (Lipinski definition) is 0. The molecule has 0 aliphatic heterocycles. The lowest BCUT2D eigenvalue weighted by atomic mass is 9.97. The summed E-state index contributed by atoms with van der Waals surface area (Å²) in [6.07, 6.45) is -4.92. The molecule has 0 heterocycles.